The molecular formula is C16H14N4O3S. The Morgan fingerprint density at radius 2 is 1.96 bits per heavy atom. The summed E-state index contributed by atoms with van der Waals surface area (Å²) >= 11 is 1.55. The molecule has 0 spiro atoms. The molecule has 1 amide bonds. The molecule has 0 fully saturated rings. The lowest BCUT2D eigenvalue weighted by Gasteiger charge is -2.08. The standard InChI is InChI=1S/C16H14N4O3S/c1-23-13(21)8-17-15(22)10-2-4-11(5-3-10)20-14-12-6-7-24-16(12)19-9-18-14/h2-7,9H,8H2,1H3,(H,17,22)(H,18,19,20). The fourth-order valence-electron chi connectivity index (χ4n) is 2.06. The fourth-order valence-corrected chi connectivity index (χ4v) is 2.79. The van der Waals surface area contributed by atoms with Crippen LogP contribution in [0, 0.1) is 0 Å². The van der Waals surface area contributed by atoms with Crippen LogP contribution in [-0.4, -0.2) is 35.5 Å². The van der Waals surface area contributed by atoms with E-state index < -0.39 is 5.97 Å². The van der Waals surface area contributed by atoms with Gasteiger partial charge in [-0.3, -0.25) is 9.59 Å². The summed E-state index contributed by atoms with van der Waals surface area (Å²) in [5, 5.41) is 8.60. The van der Waals surface area contributed by atoms with E-state index in [1.165, 1.54) is 13.4 Å². The number of hydrogen-bond acceptors (Lipinski definition) is 7. The highest BCUT2D eigenvalue weighted by molar-refractivity contribution is 7.16. The predicted molar refractivity (Wildman–Crippen MR) is 91.5 cm³/mol. The molecule has 0 atom stereocenters. The van der Waals surface area contributed by atoms with Crippen LogP contribution in [0.15, 0.2) is 42.0 Å². The number of anilines is 2. The number of carbonyl (C=O) groups is 2. The Morgan fingerprint density at radius 1 is 1.17 bits per heavy atom. The van der Waals surface area contributed by atoms with Gasteiger partial charge in [0.1, 0.15) is 23.5 Å². The lowest BCUT2D eigenvalue weighted by atomic mass is 10.2. The van der Waals surface area contributed by atoms with Crippen LogP contribution < -0.4 is 10.6 Å². The van der Waals surface area contributed by atoms with Gasteiger partial charge in [0.05, 0.1) is 12.5 Å². The van der Waals surface area contributed by atoms with Crippen molar-refractivity contribution in [1.29, 1.82) is 0 Å². The van der Waals surface area contributed by atoms with Crippen molar-refractivity contribution >= 4 is 44.9 Å². The van der Waals surface area contributed by atoms with E-state index >= 15 is 0 Å². The third-order valence-electron chi connectivity index (χ3n) is 3.29. The van der Waals surface area contributed by atoms with Crippen molar-refractivity contribution in [3.8, 4) is 0 Å². The number of methoxy groups -OCH3 is 1. The molecule has 7 nitrogen and oxygen atoms in total. The van der Waals surface area contributed by atoms with Crippen LogP contribution in [0.1, 0.15) is 10.4 Å². The Hall–Kier alpha value is -3.00. The summed E-state index contributed by atoms with van der Waals surface area (Å²) < 4.78 is 4.48. The number of nitrogens with one attached hydrogen (secondary N) is 2. The Kier molecular flexibility index (Phi) is 4.66. The molecule has 8 heteroatoms. The molecule has 0 aliphatic carbocycles. The van der Waals surface area contributed by atoms with Crippen molar-refractivity contribution in [1.82, 2.24) is 15.3 Å². The molecule has 0 saturated heterocycles. The van der Waals surface area contributed by atoms with Gasteiger partial charge in [0.15, 0.2) is 0 Å². The highest BCUT2D eigenvalue weighted by Crippen LogP contribution is 2.26. The molecule has 0 radical (unpaired) electrons. The third kappa shape index (κ3) is 3.49. The minimum atomic E-state index is -0.495. The number of hydrogen-bond donors (Lipinski definition) is 2. The number of benzene rings is 1. The first-order chi connectivity index (χ1) is 11.7. The second-order valence-corrected chi connectivity index (χ2v) is 5.72. The quantitative estimate of drug-likeness (QED) is 0.691. The van der Waals surface area contributed by atoms with E-state index in [1.807, 2.05) is 11.4 Å². The smallest absolute Gasteiger partial charge is 0.325 e. The maximum Gasteiger partial charge on any atom is 0.325 e. The maximum atomic E-state index is 11.9. The number of ether oxygens (including phenoxy) is 1. The minimum absolute atomic E-state index is 0.160. The zero-order valence-electron chi connectivity index (χ0n) is 12.8. The summed E-state index contributed by atoms with van der Waals surface area (Å²) in [6, 6.07) is 8.83. The van der Waals surface area contributed by atoms with Gasteiger partial charge in [0.2, 0.25) is 0 Å². The minimum Gasteiger partial charge on any atom is -0.468 e. The van der Waals surface area contributed by atoms with Crippen molar-refractivity contribution in [2.75, 3.05) is 19.0 Å². The SMILES string of the molecule is COC(=O)CNC(=O)c1ccc(Nc2ncnc3sccc23)cc1. The monoisotopic (exact) mass is 342 g/mol. The zero-order valence-corrected chi connectivity index (χ0v) is 13.6. The largest absolute Gasteiger partial charge is 0.468 e. The fraction of sp³-hybridized carbons (Fsp3) is 0.125. The molecule has 0 aliphatic heterocycles. The molecule has 1 aromatic carbocycles. The second kappa shape index (κ2) is 7.05. The average molecular weight is 342 g/mol. The molecule has 2 N–H and O–H groups in total. The topological polar surface area (TPSA) is 93.2 Å². The summed E-state index contributed by atoms with van der Waals surface area (Å²) in [5.74, 6) is -0.122. The zero-order chi connectivity index (χ0) is 16.9. The van der Waals surface area contributed by atoms with Crippen molar-refractivity contribution in [2.24, 2.45) is 0 Å². The van der Waals surface area contributed by atoms with E-state index in [4.69, 9.17) is 0 Å². The number of amides is 1. The lowest BCUT2D eigenvalue weighted by molar-refractivity contribution is -0.139. The molecule has 2 aromatic heterocycles. The summed E-state index contributed by atoms with van der Waals surface area (Å²) in [5.41, 5.74) is 1.25. The van der Waals surface area contributed by atoms with E-state index in [0.29, 0.717) is 11.4 Å². The van der Waals surface area contributed by atoms with E-state index in [1.54, 1.807) is 35.6 Å². The van der Waals surface area contributed by atoms with Gasteiger partial charge < -0.3 is 15.4 Å². The van der Waals surface area contributed by atoms with Crippen LogP contribution in [0.2, 0.25) is 0 Å². The first-order valence-electron chi connectivity index (χ1n) is 7.07. The Labute approximate surface area is 141 Å². The summed E-state index contributed by atoms with van der Waals surface area (Å²) in [6.45, 7) is -0.160. The highest BCUT2D eigenvalue weighted by atomic mass is 32.1. The number of aromatic nitrogens is 2. The van der Waals surface area contributed by atoms with Crippen molar-refractivity contribution in [3.05, 3.63) is 47.6 Å². The highest BCUT2D eigenvalue weighted by Gasteiger charge is 2.09. The Bertz CT molecular complexity index is 876. The van der Waals surface area contributed by atoms with E-state index in [2.05, 4.69) is 25.3 Å². The lowest BCUT2D eigenvalue weighted by Crippen LogP contribution is -2.30. The van der Waals surface area contributed by atoms with Crippen molar-refractivity contribution in [3.63, 3.8) is 0 Å². The summed E-state index contributed by atoms with van der Waals surface area (Å²) in [7, 11) is 1.27. The molecule has 0 aliphatic rings. The molecule has 3 rings (SSSR count). The van der Waals surface area contributed by atoms with Crippen LogP contribution in [-0.2, 0) is 9.53 Å². The summed E-state index contributed by atoms with van der Waals surface area (Å²) in [6.07, 6.45) is 1.51. The van der Waals surface area contributed by atoms with Gasteiger partial charge in [0.25, 0.3) is 5.91 Å². The van der Waals surface area contributed by atoms with Gasteiger partial charge in [-0.2, -0.15) is 0 Å². The van der Waals surface area contributed by atoms with Gasteiger partial charge in [-0.15, -0.1) is 11.3 Å². The van der Waals surface area contributed by atoms with Crippen LogP contribution in [0.4, 0.5) is 11.5 Å². The average Bonchev–Trinajstić information content (AvgIpc) is 3.10. The molecule has 24 heavy (non-hydrogen) atoms. The molecule has 0 saturated carbocycles. The maximum absolute atomic E-state index is 11.9. The van der Waals surface area contributed by atoms with Crippen molar-refractivity contribution < 1.29 is 14.3 Å². The Morgan fingerprint density at radius 3 is 2.71 bits per heavy atom. The van der Waals surface area contributed by atoms with E-state index in [0.717, 1.165) is 15.9 Å². The van der Waals surface area contributed by atoms with Crippen LogP contribution >= 0.6 is 11.3 Å². The number of fused-ring (bicyclic) bond motifs is 1. The second-order valence-electron chi connectivity index (χ2n) is 4.82. The number of carbonyl (C=O) groups excluding carboxylic acids is 2. The third-order valence-corrected chi connectivity index (χ3v) is 4.11. The molecule has 122 valence electrons. The van der Waals surface area contributed by atoms with Gasteiger partial charge in [-0.25, -0.2) is 9.97 Å². The molecule has 0 bridgehead atoms. The molecule has 2 heterocycles. The van der Waals surface area contributed by atoms with Crippen LogP contribution in [0.3, 0.4) is 0 Å². The first kappa shape index (κ1) is 15.9. The van der Waals surface area contributed by atoms with Gasteiger partial charge in [-0.05, 0) is 35.7 Å². The number of esters is 1. The number of nitrogens with zero attached hydrogens (tertiary/aromatic N) is 2. The normalized spacial score (nSPS) is 10.4. The molecular weight excluding hydrogens is 328 g/mol. The van der Waals surface area contributed by atoms with Crippen LogP contribution in [0.25, 0.3) is 10.2 Å². The predicted octanol–water partition coefficient (Wildman–Crippen LogP) is 2.34. The number of thiophene rings is 1. The number of rotatable bonds is 5. The van der Waals surface area contributed by atoms with Gasteiger partial charge >= 0.3 is 5.97 Å². The van der Waals surface area contributed by atoms with Gasteiger partial charge in [0, 0.05) is 11.3 Å². The summed E-state index contributed by atoms with van der Waals surface area (Å²) in [4.78, 5) is 32.3. The molecule has 0 unspecified atom stereocenters. The van der Waals surface area contributed by atoms with E-state index in [9.17, 15) is 9.59 Å². The van der Waals surface area contributed by atoms with Crippen LogP contribution in [0.5, 0.6) is 0 Å². The van der Waals surface area contributed by atoms with Gasteiger partial charge in [-0.1, -0.05) is 0 Å². The van der Waals surface area contributed by atoms with E-state index in [-0.39, 0.29) is 12.5 Å². The Balaban J connectivity index is 1.69. The first-order valence-corrected chi connectivity index (χ1v) is 7.95. The molecule has 3 aromatic rings. The van der Waals surface area contributed by atoms with Crippen molar-refractivity contribution in [2.45, 2.75) is 0 Å².